The summed E-state index contributed by atoms with van der Waals surface area (Å²) in [6.07, 6.45) is 12.6. The van der Waals surface area contributed by atoms with Crippen molar-refractivity contribution >= 4 is 17.5 Å². The molecule has 5 nitrogen and oxygen atoms in total. The van der Waals surface area contributed by atoms with Crippen LogP contribution in [0.3, 0.4) is 0 Å². The number of nitrogens with one attached hydrogen (secondary N) is 1. The molecule has 190 valence electrons. The van der Waals surface area contributed by atoms with Gasteiger partial charge in [-0.15, -0.1) is 0 Å². The van der Waals surface area contributed by atoms with E-state index in [4.69, 9.17) is 0 Å². The van der Waals surface area contributed by atoms with Gasteiger partial charge < -0.3 is 10.2 Å². The van der Waals surface area contributed by atoms with E-state index in [0.29, 0.717) is 30.4 Å². The molecule has 1 N–H and O–H groups in total. The van der Waals surface area contributed by atoms with Crippen LogP contribution in [0.15, 0.2) is 18.2 Å². The van der Waals surface area contributed by atoms with E-state index in [1.807, 2.05) is 18.2 Å². The van der Waals surface area contributed by atoms with Crippen LogP contribution in [0.1, 0.15) is 98.5 Å². The fraction of sp³-hybridized carbons (Fsp3) is 0.645. The third-order valence-electron chi connectivity index (χ3n) is 9.74. The Bertz CT molecular complexity index is 1110. The summed E-state index contributed by atoms with van der Waals surface area (Å²) in [5.41, 5.74) is 3.11. The zero-order valence-corrected chi connectivity index (χ0v) is 21.3. The molecule has 5 saturated carbocycles. The Hall–Kier alpha value is -2.45. The Morgan fingerprint density at radius 1 is 1.03 bits per heavy atom. The van der Waals surface area contributed by atoms with Gasteiger partial charge in [-0.3, -0.25) is 14.4 Å². The summed E-state index contributed by atoms with van der Waals surface area (Å²) in [7, 11) is 0. The molecule has 4 bridgehead atoms. The molecule has 1 aromatic carbocycles. The van der Waals surface area contributed by atoms with Gasteiger partial charge in [0, 0.05) is 37.1 Å². The summed E-state index contributed by atoms with van der Waals surface area (Å²) in [5.74, 6) is 9.50. The zero-order chi connectivity index (χ0) is 24.7. The van der Waals surface area contributed by atoms with Crippen LogP contribution < -0.4 is 5.32 Å². The van der Waals surface area contributed by atoms with Crippen molar-refractivity contribution in [1.29, 1.82) is 0 Å². The van der Waals surface area contributed by atoms with Crippen LogP contribution in [0.2, 0.25) is 0 Å². The van der Waals surface area contributed by atoms with Crippen LogP contribution in [0.5, 0.6) is 0 Å². The van der Waals surface area contributed by atoms with Crippen molar-refractivity contribution in [2.45, 2.75) is 89.6 Å². The predicted octanol–water partition coefficient (Wildman–Crippen LogP) is 4.66. The van der Waals surface area contributed by atoms with Crippen molar-refractivity contribution < 1.29 is 14.4 Å². The van der Waals surface area contributed by atoms with E-state index in [1.165, 1.54) is 51.5 Å². The lowest BCUT2D eigenvalue weighted by atomic mass is 9.69. The summed E-state index contributed by atoms with van der Waals surface area (Å²) in [4.78, 5) is 38.6. The van der Waals surface area contributed by atoms with Crippen LogP contribution >= 0.6 is 0 Å². The van der Waals surface area contributed by atoms with Crippen molar-refractivity contribution in [1.82, 2.24) is 10.2 Å². The van der Waals surface area contributed by atoms with Gasteiger partial charge in [-0.1, -0.05) is 24.3 Å². The number of carbonyl (C=O) groups excluding carboxylic acids is 3. The minimum Gasteiger partial charge on any atom is -0.324 e. The number of rotatable bonds is 8. The third-order valence-corrected chi connectivity index (χ3v) is 9.74. The highest BCUT2D eigenvalue weighted by Crippen LogP contribution is 2.63. The molecule has 0 spiro atoms. The predicted molar refractivity (Wildman–Crippen MR) is 138 cm³/mol. The summed E-state index contributed by atoms with van der Waals surface area (Å²) < 4.78 is 0. The smallest absolute Gasteiger partial charge is 0.255 e. The number of nitrogens with zero attached hydrogens (tertiary/aromatic N) is 1. The van der Waals surface area contributed by atoms with E-state index in [2.05, 4.69) is 17.2 Å². The van der Waals surface area contributed by atoms with Gasteiger partial charge in [-0.05, 0) is 98.8 Å². The number of ketones is 2. The number of amides is 1. The summed E-state index contributed by atoms with van der Waals surface area (Å²) in [5, 5.41) is 3.79. The van der Waals surface area contributed by atoms with Crippen LogP contribution in [0.4, 0.5) is 0 Å². The SMILES string of the molecule is O=C1CCC(N2Cc3c(C#CCCCCCNCC45CC6CC(C4)C(C6)C5)cccc3C2=O)C(=O)C1. The molecule has 5 aliphatic carbocycles. The molecule has 0 saturated heterocycles. The van der Waals surface area contributed by atoms with Crippen molar-refractivity contribution in [3.63, 3.8) is 0 Å². The highest BCUT2D eigenvalue weighted by atomic mass is 16.2. The van der Waals surface area contributed by atoms with Crippen molar-refractivity contribution in [3.05, 3.63) is 34.9 Å². The highest BCUT2D eigenvalue weighted by Gasteiger charge is 2.55. The van der Waals surface area contributed by atoms with E-state index in [1.54, 1.807) is 4.90 Å². The largest absolute Gasteiger partial charge is 0.324 e. The zero-order valence-electron chi connectivity index (χ0n) is 21.3. The molecule has 6 aliphatic rings. The molecule has 3 unspecified atom stereocenters. The molecular formula is C31H38N2O3. The molecular weight excluding hydrogens is 448 g/mol. The number of unbranched alkanes of at least 4 members (excludes halogenated alkanes) is 3. The minimum atomic E-state index is -0.476. The lowest BCUT2D eigenvalue weighted by molar-refractivity contribution is -0.133. The van der Waals surface area contributed by atoms with Crippen LogP contribution in [0, 0.1) is 35.0 Å². The first-order valence-electron chi connectivity index (χ1n) is 14.2. The second kappa shape index (κ2) is 9.78. The third kappa shape index (κ3) is 4.54. The van der Waals surface area contributed by atoms with Gasteiger partial charge in [-0.25, -0.2) is 0 Å². The first kappa shape index (κ1) is 23.9. The average molecular weight is 487 g/mol. The maximum absolute atomic E-state index is 13.0. The van der Waals surface area contributed by atoms with Gasteiger partial charge in [0.25, 0.3) is 5.91 Å². The van der Waals surface area contributed by atoms with E-state index in [-0.39, 0.29) is 23.9 Å². The number of hydrogen-bond donors (Lipinski definition) is 1. The summed E-state index contributed by atoms with van der Waals surface area (Å²) in [6, 6.07) is 5.21. The van der Waals surface area contributed by atoms with E-state index in [9.17, 15) is 14.4 Å². The first-order chi connectivity index (χ1) is 17.5. The molecule has 0 aromatic heterocycles. The lowest BCUT2D eigenvalue weighted by Crippen LogP contribution is -2.44. The van der Waals surface area contributed by atoms with Gasteiger partial charge in [0.15, 0.2) is 5.78 Å². The fourth-order valence-electron chi connectivity index (χ4n) is 8.26. The van der Waals surface area contributed by atoms with E-state index >= 15 is 0 Å². The van der Waals surface area contributed by atoms with Crippen molar-refractivity contribution in [2.24, 2.45) is 23.2 Å². The second-order valence-electron chi connectivity index (χ2n) is 12.3. The molecule has 1 amide bonds. The molecule has 1 aromatic rings. The Morgan fingerprint density at radius 2 is 1.86 bits per heavy atom. The lowest BCUT2D eigenvalue weighted by Gasteiger charge is -2.38. The van der Waals surface area contributed by atoms with Crippen molar-refractivity contribution in [3.8, 4) is 11.8 Å². The van der Waals surface area contributed by atoms with Gasteiger partial charge in [0.1, 0.15) is 5.78 Å². The average Bonchev–Trinajstić information content (AvgIpc) is 3.42. The number of carbonyl (C=O) groups is 3. The summed E-state index contributed by atoms with van der Waals surface area (Å²) >= 11 is 0. The Kier molecular flexibility index (Phi) is 6.50. The number of fused-ring (bicyclic) bond motifs is 1. The van der Waals surface area contributed by atoms with Crippen LogP contribution in [-0.2, 0) is 16.1 Å². The molecule has 5 fully saturated rings. The van der Waals surface area contributed by atoms with Gasteiger partial charge in [0.2, 0.25) is 0 Å². The number of benzene rings is 1. The van der Waals surface area contributed by atoms with Gasteiger partial charge >= 0.3 is 0 Å². The Morgan fingerprint density at radius 3 is 2.64 bits per heavy atom. The number of hydrogen-bond acceptors (Lipinski definition) is 4. The highest BCUT2D eigenvalue weighted by molar-refractivity contribution is 6.07. The molecule has 1 aliphatic heterocycles. The standard InChI is InChI=1S/C31H38N2O3/c34-25-10-11-28(29(35)15-25)33-19-27-22(8-6-9-26(27)30(33)36)7-4-2-1-3-5-12-32-20-31-16-21-13-23(17-31)24(14-21)18-31/h6,8-9,21,23-24,28,32H,1-3,5,10-20H2. The number of Topliss-reactive ketones (excluding diaryl/α,β-unsaturated/α-hetero) is 2. The Labute approximate surface area is 214 Å². The molecule has 7 rings (SSSR count). The van der Waals surface area contributed by atoms with E-state index in [0.717, 1.165) is 48.3 Å². The second-order valence-corrected chi connectivity index (χ2v) is 12.3. The topological polar surface area (TPSA) is 66.5 Å². The first-order valence-corrected chi connectivity index (χ1v) is 14.2. The van der Waals surface area contributed by atoms with Crippen LogP contribution in [0.25, 0.3) is 0 Å². The molecule has 1 heterocycles. The minimum absolute atomic E-state index is 0.0186. The van der Waals surface area contributed by atoms with Crippen molar-refractivity contribution in [2.75, 3.05) is 13.1 Å². The van der Waals surface area contributed by atoms with Gasteiger partial charge in [0.05, 0.1) is 12.5 Å². The molecule has 5 heteroatoms. The summed E-state index contributed by atoms with van der Waals surface area (Å²) in [6.45, 7) is 2.76. The van der Waals surface area contributed by atoms with Crippen LogP contribution in [-0.4, -0.2) is 41.5 Å². The Balaban J connectivity index is 0.941. The quantitative estimate of drug-likeness (QED) is 0.330. The van der Waals surface area contributed by atoms with Gasteiger partial charge in [-0.2, -0.15) is 0 Å². The normalized spacial score (nSPS) is 32.2. The molecule has 36 heavy (non-hydrogen) atoms. The molecule has 3 atom stereocenters. The molecule has 0 radical (unpaired) electrons. The monoisotopic (exact) mass is 486 g/mol. The fourth-order valence-corrected chi connectivity index (χ4v) is 8.26. The maximum atomic E-state index is 13.0. The van der Waals surface area contributed by atoms with E-state index < -0.39 is 6.04 Å². The maximum Gasteiger partial charge on any atom is 0.255 e.